The Bertz CT molecular complexity index is 493. The first-order valence-corrected chi connectivity index (χ1v) is 7.29. The molecule has 0 unspecified atom stereocenters. The molecule has 0 aliphatic carbocycles. The van der Waals surface area contributed by atoms with Gasteiger partial charge in [-0.15, -0.1) is 0 Å². The van der Waals surface area contributed by atoms with E-state index in [4.69, 9.17) is 0 Å². The normalized spacial score (nSPS) is 17.8. The Balaban J connectivity index is 1.95. The molecule has 4 heteroatoms. The number of aryl methyl sites for hydroxylation is 1. The lowest BCUT2D eigenvalue weighted by Gasteiger charge is -2.30. The third kappa shape index (κ3) is 3.06. The lowest BCUT2D eigenvalue weighted by Crippen LogP contribution is -2.46. The summed E-state index contributed by atoms with van der Waals surface area (Å²) in [6.07, 6.45) is 1.66. The van der Waals surface area contributed by atoms with E-state index in [9.17, 15) is 9.59 Å². The first-order valence-electron chi connectivity index (χ1n) is 6.49. The van der Waals surface area contributed by atoms with Crippen molar-refractivity contribution in [3.05, 3.63) is 34.3 Å². The van der Waals surface area contributed by atoms with Crippen LogP contribution in [0.5, 0.6) is 0 Å². The van der Waals surface area contributed by atoms with Gasteiger partial charge in [0.1, 0.15) is 0 Å². The van der Waals surface area contributed by atoms with Crippen LogP contribution in [-0.2, 0) is 16.0 Å². The molecule has 0 bridgehead atoms. The number of Topliss-reactive ketones (excluding diaryl/α,β-unsaturated/α-hetero) is 1. The maximum absolute atomic E-state index is 12.2. The molecule has 1 aromatic rings. The van der Waals surface area contributed by atoms with Crippen molar-refractivity contribution in [2.24, 2.45) is 0 Å². The summed E-state index contributed by atoms with van der Waals surface area (Å²) in [4.78, 5) is 25.7. The van der Waals surface area contributed by atoms with Crippen LogP contribution >= 0.6 is 15.9 Å². The second kappa shape index (κ2) is 5.45. The Labute approximate surface area is 122 Å². The molecule has 0 atom stereocenters. The third-order valence-electron chi connectivity index (χ3n) is 3.76. The number of benzene rings is 1. The molecule has 102 valence electrons. The standard InChI is InChI=1S/C15H18BrNO2/c1-15(2)13(18)9-10-17(15)14(19)8-5-11-3-6-12(16)7-4-11/h3-4,6-7H,5,8-10H2,1-2H3. The lowest BCUT2D eigenvalue weighted by atomic mass is 10.00. The number of halogens is 1. The van der Waals surface area contributed by atoms with Crippen LogP contribution in [0.2, 0.25) is 0 Å². The molecule has 0 spiro atoms. The van der Waals surface area contributed by atoms with Crippen LogP contribution < -0.4 is 0 Å². The summed E-state index contributed by atoms with van der Waals surface area (Å²) >= 11 is 3.39. The maximum atomic E-state index is 12.2. The van der Waals surface area contributed by atoms with Gasteiger partial charge in [0.25, 0.3) is 0 Å². The highest BCUT2D eigenvalue weighted by Gasteiger charge is 2.42. The molecular weight excluding hydrogens is 306 g/mol. The Hall–Kier alpha value is -1.16. The van der Waals surface area contributed by atoms with Crippen LogP contribution in [0.15, 0.2) is 28.7 Å². The van der Waals surface area contributed by atoms with E-state index < -0.39 is 5.54 Å². The van der Waals surface area contributed by atoms with Crippen LogP contribution in [0.4, 0.5) is 0 Å². The Kier molecular flexibility index (Phi) is 4.09. The molecule has 3 nitrogen and oxygen atoms in total. The minimum atomic E-state index is -0.628. The van der Waals surface area contributed by atoms with E-state index >= 15 is 0 Å². The van der Waals surface area contributed by atoms with Crippen LogP contribution in [0.25, 0.3) is 0 Å². The zero-order valence-electron chi connectivity index (χ0n) is 11.3. The molecule has 1 aromatic carbocycles. The van der Waals surface area contributed by atoms with Gasteiger partial charge in [0.15, 0.2) is 5.78 Å². The van der Waals surface area contributed by atoms with Gasteiger partial charge < -0.3 is 4.90 Å². The molecule has 0 saturated carbocycles. The van der Waals surface area contributed by atoms with E-state index in [2.05, 4.69) is 15.9 Å². The molecule has 1 fully saturated rings. The first-order chi connectivity index (χ1) is 8.91. The van der Waals surface area contributed by atoms with Crippen molar-refractivity contribution in [2.45, 2.75) is 38.6 Å². The SMILES string of the molecule is CC1(C)C(=O)CCN1C(=O)CCc1ccc(Br)cc1. The minimum Gasteiger partial charge on any atom is -0.330 e. The third-order valence-corrected chi connectivity index (χ3v) is 4.29. The molecule has 1 saturated heterocycles. The van der Waals surface area contributed by atoms with Gasteiger partial charge in [-0.05, 0) is 38.0 Å². The largest absolute Gasteiger partial charge is 0.330 e. The van der Waals surface area contributed by atoms with Crippen LogP contribution in [0.3, 0.4) is 0 Å². The second-order valence-electron chi connectivity index (χ2n) is 5.40. The van der Waals surface area contributed by atoms with E-state index in [1.807, 2.05) is 38.1 Å². The average Bonchev–Trinajstić information content (AvgIpc) is 2.63. The topological polar surface area (TPSA) is 37.4 Å². The smallest absolute Gasteiger partial charge is 0.223 e. The van der Waals surface area contributed by atoms with E-state index in [0.717, 1.165) is 10.0 Å². The molecule has 1 amide bonds. The van der Waals surface area contributed by atoms with Crippen molar-refractivity contribution >= 4 is 27.6 Å². The molecule has 0 N–H and O–H groups in total. The second-order valence-corrected chi connectivity index (χ2v) is 6.32. The van der Waals surface area contributed by atoms with E-state index in [0.29, 0.717) is 25.8 Å². The van der Waals surface area contributed by atoms with Gasteiger partial charge in [-0.1, -0.05) is 28.1 Å². The summed E-state index contributed by atoms with van der Waals surface area (Å²) in [5.74, 6) is 0.225. The summed E-state index contributed by atoms with van der Waals surface area (Å²) < 4.78 is 1.04. The van der Waals surface area contributed by atoms with Crippen molar-refractivity contribution < 1.29 is 9.59 Å². The molecular formula is C15H18BrNO2. The fourth-order valence-electron chi connectivity index (χ4n) is 2.42. The van der Waals surface area contributed by atoms with Crippen LogP contribution in [-0.4, -0.2) is 28.7 Å². The van der Waals surface area contributed by atoms with Gasteiger partial charge in [-0.25, -0.2) is 0 Å². The molecule has 0 radical (unpaired) electrons. The van der Waals surface area contributed by atoms with Gasteiger partial charge in [0.05, 0.1) is 5.54 Å². The van der Waals surface area contributed by atoms with Gasteiger partial charge in [-0.2, -0.15) is 0 Å². The van der Waals surface area contributed by atoms with Crippen molar-refractivity contribution in [1.29, 1.82) is 0 Å². The zero-order chi connectivity index (χ0) is 14.0. The molecule has 19 heavy (non-hydrogen) atoms. The highest BCUT2D eigenvalue weighted by atomic mass is 79.9. The summed E-state index contributed by atoms with van der Waals surface area (Å²) in [6, 6.07) is 7.97. The van der Waals surface area contributed by atoms with Crippen LogP contribution in [0, 0.1) is 0 Å². The number of carbonyl (C=O) groups excluding carboxylic acids is 2. The zero-order valence-corrected chi connectivity index (χ0v) is 12.9. The summed E-state index contributed by atoms with van der Waals surface area (Å²) in [5.41, 5.74) is 0.511. The molecule has 0 aromatic heterocycles. The van der Waals surface area contributed by atoms with Crippen molar-refractivity contribution in [2.75, 3.05) is 6.54 Å². The van der Waals surface area contributed by atoms with Crippen molar-refractivity contribution in [3.8, 4) is 0 Å². The van der Waals surface area contributed by atoms with Gasteiger partial charge in [0.2, 0.25) is 5.91 Å². The fraction of sp³-hybridized carbons (Fsp3) is 0.467. The Morgan fingerprint density at radius 3 is 2.47 bits per heavy atom. The average molecular weight is 324 g/mol. The van der Waals surface area contributed by atoms with Gasteiger partial charge in [-0.3, -0.25) is 9.59 Å². The number of ketones is 1. The summed E-state index contributed by atoms with van der Waals surface area (Å²) in [6.45, 7) is 4.23. The quantitative estimate of drug-likeness (QED) is 0.857. The summed E-state index contributed by atoms with van der Waals surface area (Å²) in [5, 5.41) is 0. The maximum Gasteiger partial charge on any atom is 0.223 e. The molecule has 2 rings (SSSR count). The van der Waals surface area contributed by atoms with Crippen molar-refractivity contribution in [1.82, 2.24) is 4.90 Å². The number of hydrogen-bond donors (Lipinski definition) is 0. The summed E-state index contributed by atoms with van der Waals surface area (Å²) in [7, 11) is 0. The number of carbonyl (C=O) groups is 2. The number of rotatable bonds is 3. The number of nitrogens with zero attached hydrogens (tertiary/aromatic N) is 1. The Morgan fingerprint density at radius 1 is 1.32 bits per heavy atom. The van der Waals surface area contributed by atoms with Gasteiger partial charge in [0, 0.05) is 23.9 Å². The monoisotopic (exact) mass is 323 g/mol. The van der Waals surface area contributed by atoms with E-state index in [-0.39, 0.29) is 11.7 Å². The number of amides is 1. The molecule has 1 aliphatic rings. The minimum absolute atomic E-state index is 0.0683. The lowest BCUT2D eigenvalue weighted by molar-refractivity contribution is -0.138. The van der Waals surface area contributed by atoms with Crippen LogP contribution in [0.1, 0.15) is 32.3 Å². The molecule has 1 heterocycles. The predicted molar refractivity (Wildman–Crippen MR) is 77.9 cm³/mol. The van der Waals surface area contributed by atoms with Gasteiger partial charge >= 0.3 is 0 Å². The van der Waals surface area contributed by atoms with Crippen molar-refractivity contribution in [3.63, 3.8) is 0 Å². The Morgan fingerprint density at radius 2 is 1.95 bits per heavy atom. The number of likely N-dealkylation sites (tertiary alicyclic amines) is 1. The fourth-order valence-corrected chi connectivity index (χ4v) is 2.69. The van der Waals surface area contributed by atoms with E-state index in [1.54, 1.807) is 4.90 Å². The van der Waals surface area contributed by atoms with E-state index in [1.165, 1.54) is 0 Å². The first kappa shape index (κ1) is 14.3. The number of hydrogen-bond acceptors (Lipinski definition) is 2. The molecule has 1 aliphatic heterocycles. The predicted octanol–water partition coefficient (Wildman–Crippen LogP) is 2.96. The highest BCUT2D eigenvalue weighted by Crippen LogP contribution is 2.26. The highest BCUT2D eigenvalue weighted by molar-refractivity contribution is 9.10.